The summed E-state index contributed by atoms with van der Waals surface area (Å²) in [5.41, 5.74) is 0. The summed E-state index contributed by atoms with van der Waals surface area (Å²) in [4.78, 5) is 16.5. The van der Waals surface area contributed by atoms with E-state index in [1.165, 1.54) is 10.3 Å². The highest BCUT2D eigenvalue weighted by atomic mass is 32.1. The van der Waals surface area contributed by atoms with E-state index >= 15 is 0 Å². The van der Waals surface area contributed by atoms with E-state index in [2.05, 4.69) is 40.0 Å². The van der Waals surface area contributed by atoms with Gasteiger partial charge in [-0.3, -0.25) is 0 Å². The summed E-state index contributed by atoms with van der Waals surface area (Å²) < 4.78 is 0. The SMILES string of the molecule is CCN1CCN(c2nc(NC)nc3sc(C)cc23)CC1. The van der Waals surface area contributed by atoms with E-state index in [4.69, 9.17) is 4.98 Å². The zero-order valence-electron chi connectivity index (χ0n) is 12.3. The van der Waals surface area contributed by atoms with Crippen LogP contribution in [0.2, 0.25) is 0 Å². The third kappa shape index (κ3) is 2.45. The first kappa shape index (κ1) is 13.6. The molecular weight excluding hydrogens is 270 g/mol. The van der Waals surface area contributed by atoms with Crippen molar-refractivity contribution in [2.24, 2.45) is 0 Å². The summed E-state index contributed by atoms with van der Waals surface area (Å²) in [6.45, 7) is 9.78. The maximum absolute atomic E-state index is 4.70. The number of hydrogen-bond acceptors (Lipinski definition) is 6. The number of likely N-dealkylation sites (N-methyl/N-ethyl adjacent to an activating group) is 1. The van der Waals surface area contributed by atoms with Crippen molar-refractivity contribution in [2.45, 2.75) is 13.8 Å². The molecule has 1 aliphatic rings. The topological polar surface area (TPSA) is 44.3 Å². The van der Waals surface area contributed by atoms with Crippen LogP contribution >= 0.6 is 11.3 Å². The molecule has 1 saturated heterocycles. The molecule has 1 N–H and O–H groups in total. The Balaban J connectivity index is 1.97. The quantitative estimate of drug-likeness (QED) is 0.939. The van der Waals surface area contributed by atoms with E-state index in [0.29, 0.717) is 5.95 Å². The first-order valence-electron chi connectivity index (χ1n) is 7.14. The van der Waals surface area contributed by atoms with E-state index in [1.54, 1.807) is 11.3 Å². The molecule has 6 heteroatoms. The molecule has 0 saturated carbocycles. The molecule has 0 aliphatic carbocycles. The number of nitrogens with zero attached hydrogens (tertiary/aromatic N) is 4. The van der Waals surface area contributed by atoms with Crippen LogP contribution < -0.4 is 10.2 Å². The van der Waals surface area contributed by atoms with Crippen molar-refractivity contribution < 1.29 is 0 Å². The molecule has 0 bridgehead atoms. The Labute approximate surface area is 123 Å². The first-order valence-corrected chi connectivity index (χ1v) is 7.96. The summed E-state index contributed by atoms with van der Waals surface area (Å²) in [6.07, 6.45) is 0. The lowest BCUT2D eigenvalue weighted by Crippen LogP contribution is -2.46. The van der Waals surface area contributed by atoms with E-state index in [0.717, 1.165) is 43.4 Å². The predicted octanol–water partition coefficient (Wildman–Crippen LogP) is 2.18. The Kier molecular flexibility index (Phi) is 3.76. The van der Waals surface area contributed by atoms with Crippen molar-refractivity contribution in [3.8, 4) is 0 Å². The maximum Gasteiger partial charge on any atom is 0.225 e. The zero-order valence-corrected chi connectivity index (χ0v) is 13.1. The number of piperazine rings is 1. The van der Waals surface area contributed by atoms with Gasteiger partial charge in [0.1, 0.15) is 10.6 Å². The smallest absolute Gasteiger partial charge is 0.225 e. The Hall–Kier alpha value is -1.40. The fraction of sp³-hybridized carbons (Fsp3) is 0.571. The third-order valence-electron chi connectivity index (χ3n) is 3.84. The monoisotopic (exact) mass is 291 g/mol. The molecule has 3 heterocycles. The van der Waals surface area contributed by atoms with Crippen molar-refractivity contribution >= 4 is 33.3 Å². The highest BCUT2D eigenvalue weighted by Crippen LogP contribution is 2.32. The Morgan fingerprint density at radius 3 is 2.65 bits per heavy atom. The largest absolute Gasteiger partial charge is 0.357 e. The number of rotatable bonds is 3. The molecule has 3 rings (SSSR count). The van der Waals surface area contributed by atoms with Crippen LogP contribution in [0.4, 0.5) is 11.8 Å². The lowest BCUT2D eigenvalue weighted by atomic mass is 10.2. The molecule has 20 heavy (non-hydrogen) atoms. The van der Waals surface area contributed by atoms with Gasteiger partial charge in [0.25, 0.3) is 0 Å². The van der Waals surface area contributed by atoms with Crippen LogP contribution in [0.15, 0.2) is 6.07 Å². The third-order valence-corrected chi connectivity index (χ3v) is 4.78. The average molecular weight is 291 g/mol. The van der Waals surface area contributed by atoms with Crippen molar-refractivity contribution in [1.82, 2.24) is 14.9 Å². The van der Waals surface area contributed by atoms with Gasteiger partial charge < -0.3 is 15.1 Å². The van der Waals surface area contributed by atoms with Crippen LogP contribution in [-0.2, 0) is 0 Å². The Morgan fingerprint density at radius 2 is 2.00 bits per heavy atom. The number of aryl methyl sites for hydroxylation is 1. The number of nitrogens with one attached hydrogen (secondary N) is 1. The molecule has 108 valence electrons. The molecule has 2 aromatic heterocycles. The van der Waals surface area contributed by atoms with Gasteiger partial charge in [0.05, 0.1) is 5.39 Å². The Bertz CT molecular complexity index is 601. The van der Waals surface area contributed by atoms with Crippen molar-refractivity contribution in [3.63, 3.8) is 0 Å². The van der Waals surface area contributed by atoms with Crippen LogP contribution in [-0.4, -0.2) is 54.6 Å². The van der Waals surface area contributed by atoms with Gasteiger partial charge in [-0.2, -0.15) is 4.98 Å². The second kappa shape index (κ2) is 5.54. The summed E-state index contributed by atoms with van der Waals surface area (Å²) in [7, 11) is 1.88. The summed E-state index contributed by atoms with van der Waals surface area (Å²) >= 11 is 1.74. The highest BCUT2D eigenvalue weighted by Gasteiger charge is 2.20. The normalized spacial score (nSPS) is 16.9. The van der Waals surface area contributed by atoms with E-state index in [9.17, 15) is 0 Å². The van der Waals surface area contributed by atoms with Gasteiger partial charge in [0.2, 0.25) is 5.95 Å². The molecule has 2 aromatic rings. The molecule has 0 amide bonds. The fourth-order valence-electron chi connectivity index (χ4n) is 2.66. The molecule has 1 aliphatic heterocycles. The second-order valence-electron chi connectivity index (χ2n) is 5.12. The average Bonchev–Trinajstić information content (AvgIpc) is 2.86. The van der Waals surface area contributed by atoms with Gasteiger partial charge in [0, 0.05) is 38.1 Å². The number of anilines is 2. The molecule has 0 atom stereocenters. The van der Waals surface area contributed by atoms with Gasteiger partial charge in [-0.1, -0.05) is 6.92 Å². The van der Waals surface area contributed by atoms with Crippen LogP contribution in [0.25, 0.3) is 10.2 Å². The second-order valence-corrected chi connectivity index (χ2v) is 6.35. The van der Waals surface area contributed by atoms with Crippen LogP contribution in [0.3, 0.4) is 0 Å². The Morgan fingerprint density at radius 1 is 1.25 bits per heavy atom. The first-order chi connectivity index (χ1) is 9.71. The molecule has 0 unspecified atom stereocenters. The minimum atomic E-state index is 0.715. The standard InChI is InChI=1S/C14H21N5S/c1-4-18-5-7-19(8-6-18)12-11-9-10(2)20-13(11)17-14(15-3)16-12/h9H,4-8H2,1-3H3,(H,15,16,17). The van der Waals surface area contributed by atoms with E-state index in [-0.39, 0.29) is 0 Å². The number of fused-ring (bicyclic) bond motifs is 1. The van der Waals surface area contributed by atoms with E-state index < -0.39 is 0 Å². The predicted molar refractivity (Wildman–Crippen MR) is 86.0 cm³/mol. The highest BCUT2D eigenvalue weighted by molar-refractivity contribution is 7.18. The summed E-state index contributed by atoms with van der Waals surface area (Å²) in [5.74, 6) is 1.80. The minimum absolute atomic E-state index is 0.715. The summed E-state index contributed by atoms with van der Waals surface area (Å²) in [6, 6.07) is 2.21. The van der Waals surface area contributed by atoms with E-state index in [1.807, 2.05) is 7.05 Å². The van der Waals surface area contributed by atoms with Crippen LogP contribution in [0.1, 0.15) is 11.8 Å². The van der Waals surface area contributed by atoms with Gasteiger partial charge in [-0.15, -0.1) is 11.3 Å². The lowest BCUT2D eigenvalue weighted by Gasteiger charge is -2.35. The number of hydrogen-bond donors (Lipinski definition) is 1. The molecule has 0 aromatic carbocycles. The molecule has 5 nitrogen and oxygen atoms in total. The van der Waals surface area contributed by atoms with Gasteiger partial charge in [-0.05, 0) is 19.5 Å². The van der Waals surface area contributed by atoms with Gasteiger partial charge >= 0.3 is 0 Å². The van der Waals surface area contributed by atoms with Gasteiger partial charge in [0.15, 0.2) is 0 Å². The fourth-order valence-corrected chi connectivity index (χ4v) is 3.53. The molecule has 0 radical (unpaired) electrons. The van der Waals surface area contributed by atoms with Crippen molar-refractivity contribution in [1.29, 1.82) is 0 Å². The number of thiophene rings is 1. The molecule has 0 spiro atoms. The van der Waals surface area contributed by atoms with Crippen molar-refractivity contribution in [3.05, 3.63) is 10.9 Å². The summed E-state index contributed by atoms with van der Waals surface area (Å²) in [5, 5.41) is 4.27. The molecule has 1 fully saturated rings. The lowest BCUT2D eigenvalue weighted by molar-refractivity contribution is 0.271. The van der Waals surface area contributed by atoms with Crippen LogP contribution in [0, 0.1) is 6.92 Å². The number of aromatic nitrogens is 2. The van der Waals surface area contributed by atoms with Crippen LogP contribution in [0.5, 0.6) is 0 Å². The van der Waals surface area contributed by atoms with Crippen molar-refractivity contribution in [2.75, 3.05) is 50.0 Å². The maximum atomic E-state index is 4.70. The zero-order chi connectivity index (χ0) is 14.1. The van der Waals surface area contributed by atoms with Gasteiger partial charge in [-0.25, -0.2) is 4.98 Å². The molecular formula is C14H21N5S. The minimum Gasteiger partial charge on any atom is -0.357 e.